The Labute approximate surface area is 288 Å². The first-order chi connectivity index (χ1) is 22.2. The SMILES string of the molecule is CC#N.F[P-](F)(F)(F)(F)F.F[P-](F)(F)(F)(F)F.[Ru+2].c1ccc(-c2cccc(-c3ccccn3)n2)nc1.c1cnc2c(c1)ccc1cccnc12. The van der Waals surface area contributed by atoms with E-state index in [1.807, 2.05) is 66.7 Å². The van der Waals surface area contributed by atoms with E-state index in [1.54, 1.807) is 30.9 Å². The van der Waals surface area contributed by atoms with Gasteiger partial charge in [0, 0.05) is 42.5 Å². The summed E-state index contributed by atoms with van der Waals surface area (Å²) in [4.78, 5) is 21.9. The predicted molar refractivity (Wildman–Crippen MR) is 166 cm³/mol. The van der Waals surface area contributed by atoms with Crippen LogP contribution in [0.15, 0.2) is 116 Å². The Hall–Kier alpha value is -4.38. The maximum absolute atomic E-state index is 10.7. The van der Waals surface area contributed by atoms with Gasteiger partial charge in [0.1, 0.15) is 0 Å². The van der Waals surface area contributed by atoms with Gasteiger partial charge < -0.3 is 0 Å². The average molecular weight is 846 g/mol. The maximum Gasteiger partial charge on any atom is 2.00 e. The first kappa shape index (κ1) is 43.6. The molecule has 0 radical (unpaired) electrons. The molecule has 0 amide bonds. The van der Waals surface area contributed by atoms with Crippen LogP contribution in [-0.2, 0) is 19.5 Å². The summed E-state index contributed by atoms with van der Waals surface area (Å²) in [6.07, 6.45) is 7.14. The summed E-state index contributed by atoms with van der Waals surface area (Å²) in [5, 5.41) is 9.59. The molecule has 0 saturated heterocycles. The number of aromatic nitrogens is 5. The van der Waals surface area contributed by atoms with E-state index in [0.717, 1.165) is 44.6 Å². The molecule has 0 bridgehead atoms. The second-order valence-electron chi connectivity index (χ2n) is 9.19. The van der Waals surface area contributed by atoms with Crippen molar-refractivity contribution < 1.29 is 69.8 Å². The Balaban J connectivity index is 0.000000348. The molecule has 6 nitrogen and oxygen atoms in total. The van der Waals surface area contributed by atoms with Crippen LogP contribution in [0.1, 0.15) is 6.92 Å². The number of nitriles is 1. The van der Waals surface area contributed by atoms with Crippen molar-refractivity contribution in [1.29, 1.82) is 5.26 Å². The van der Waals surface area contributed by atoms with E-state index in [2.05, 4.69) is 49.2 Å². The monoisotopic (exact) mass is 846 g/mol. The molecule has 0 atom stereocenters. The third kappa shape index (κ3) is 21.6. The number of pyridine rings is 5. The molecule has 50 heavy (non-hydrogen) atoms. The van der Waals surface area contributed by atoms with Gasteiger partial charge in [0.15, 0.2) is 0 Å². The molecule has 6 aromatic rings. The third-order valence-electron chi connectivity index (χ3n) is 4.95. The second-order valence-corrected chi connectivity index (χ2v) is 13.0. The standard InChI is InChI=1S/C15H11N3.C12H8N2.C2H3N.2F6P.Ru/c1-3-10-16-12(6-1)14-8-5-9-15(18-14)13-7-2-4-11-17-13;1-3-9-5-6-10-4-2-8-14-12(10)11(9)13-7-1;1-2-3;2*1-7(2,3,4,5)6;/h1-11H;1-8H;1H3;;;/q;;;2*-1;+2. The van der Waals surface area contributed by atoms with Crippen molar-refractivity contribution in [3.8, 4) is 28.8 Å². The number of fused-ring (bicyclic) bond motifs is 3. The summed E-state index contributed by atoms with van der Waals surface area (Å²) in [6, 6.07) is 31.4. The molecule has 0 spiro atoms. The zero-order valence-corrected chi connectivity index (χ0v) is 28.5. The summed E-state index contributed by atoms with van der Waals surface area (Å²) in [6.45, 7) is 1.43. The Morgan fingerprint density at radius 2 is 0.740 bits per heavy atom. The summed E-state index contributed by atoms with van der Waals surface area (Å²) in [5.74, 6) is 0. The predicted octanol–water partition coefficient (Wildman–Crippen LogP) is 13.3. The van der Waals surface area contributed by atoms with Crippen molar-refractivity contribution in [1.82, 2.24) is 24.9 Å². The first-order valence-corrected chi connectivity index (χ1v) is 17.1. The smallest absolute Gasteiger partial charge is 0.255 e. The van der Waals surface area contributed by atoms with Crippen LogP contribution in [0, 0.1) is 11.3 Å². The largest absolute Gasteiger partial charge is 2.00 e. The van der Waals surface area contributed by atoms with Gasteiger partial charge >= 0.3 is 85.5 Å². The number of rotatable bonds is 2. The van der Waals surface area contributed by atoms with Crippen LogP contribution >= 0.6 is 15.6 Å². The zero-order chi connectivity index (χ0) is 37.1. The molecular formula is C29H22F12N6P2Ru. The molecule has 5 heterocycles. The van der Waals surface area contributed by atoms with E-state index in [0.29, 0.717) is 0 Å². The van der Waals surface area contributed by atoms with Crippen LogP contribution in [-0.4, -0.2) is 24.9 Å². The minimum absolute atomic E-state index is 0. The van der Waals surface area contributed by atoms with Gasteiger partial charge in [-0.05, 0) is 48.5 Å². The van der Waals surface area contributed by atoms with Crippen LogP contribution in [0.3, 0.4) is 0 Å². The number of benzene rings is 1. The number of nitrogens with zero attached hydrogens (tertiary/aromatic N) is 6. The molecule has 0 unspecified atom stereocenters. The topological polar surface area (TPSA) is 88.2 Å². The zero-order valence-electron chi connectivity index (χ0n) is 24.9. The van der Waals surface area contributed by atoms with Crippen molar-refractivity contribution >= 4 is 37.4 Å². The normalized spacial score (nSPS) is 13.4. The molecule has 270 valence electrons. The van der Waals surface area contributed by atoms with Gasteiger partial charge in [-0.3, -0.25) is 19.9 Å². The van der Waals surface area contributed by atoms with Crippen molar-refractivity contribution in [2.45, 2.75) is 6.92 Å². The number of hydrogen-bond acceptors (Lipinski definition) is 6. The summed E-state index contributed by atoms with van der Waals surface area (Å²) >= 11 is 0. The molecule has 0 aliphatic heterocycles. The maximum atomic E-state index is 9.87. The Bertz CT molecular complexity index is 1870. The minimum atomic E-state index is -10.7. The van der Waals surface area contributed by atoms with E-state index in [9.17, 15) is 50.4 Å². The van der Waals surface area contributed by atoms with Crippen LogP contribution in [0.25, 0.3) is 44.6 Å². The van der Waals surface area contributed by atoms with Gasteiger partial charge in [0.05, 0.1) is 39.9 Å². The van der Waals surface area contributed by atoms with Gasteiger partial charge in [-0.25, -0.2) is 4.98 Å². The van der Waals surface area contributed by atoms with Gasteiger partial charge in [-0.1, -0.05) is 42.5 Å². The quantitative estimate of drug-likeness (QED) is 0.0746. The third-order valence-corrected chi connectivity index (χ3v) is 4.95. The molecule has 6 rings (SSSR count). The fourth-order valence-electron chi connectivity index (χ4n) is 3.43. The second kappa shape index (κ2) is 15.2. The van der Waals surface area contributed by atoms with Crippen molar-refractivity contribution in [3.63, 3.8) is 0 Å². The molecule has 0 saturated carbocycles. The van der Waals surface area contributed by atoms with Crippen LogP contribution in [0.4, 0.5) is 50.4 Å². The number of halogens is 12. The fraction of sp³-hybridized carbons (Fsp3) is 0.0345. The minimum Gasteiger partial charge on any atom is -0.255 e. The summed E-state index contributed by atoms with van der Waals surface area (Å²) in [5.41, 5.74) is 5.42. The summed E-state index contributed by atoms with van der Waals surface area (Å²) < 4.78 is 118. The van der Waals surface area contributed by atoms with Gasteiger partial charge in [0.25, 0.3) is 0 Å². The molecule has 0 aliphatic carbocycles. The average Bonchev–Trinajstić information content (AvgIpc) is 3.00. The molecular weight excluding hydrogens is 823 g/mol. The number of hydrogen-bond donors (Lipinski definition) is 0. The Morgan fingerprint density at radius 1 is 0.440 bits per heavy atom. The van der Waals surface area contributed by atoms with E-state index < -0.39 is 15.6 Å². The molecule has 0 N–H and O–H groups in total. The summed E-state index contributed by atoms with van der Waals surface area (Å²) in [7, 11) is -21.3. The Kier molecular flexibility index (Phi) is 13.3. The van der Waals surface area contributed by atoms with Crippen LogP contribution in [0.5, 0.6) is 0 Å². The first-order valence-electron chi connectivity index (χ1n) is 13.0. The van der Waals surface area contributed by atoms with Crippen molar-refractivity contribution in [2.24, 2.45) is 0 Å². The van der Waals surface area contributed by atoms with Crippen molar-refractivity contribution in [3.05, 3.63) is 116 Å². The van der Waals surface area contributed by atoms with Gasteiger partial charge in [-0.15, -0.1) is 0 Å². The molecule has 21 heteroatoms. The van der Waals surface area contributed by atoms with Crippen LogP contribution < -0.4 is 0 Å². The van der Waals surface area contributed by atoms with E-state index >= 15 is 0 Å². The van der Waals surface area contributed by atoms with E-state index in [1.165, 1.54) is 6.92 Å². The molecule has 5 aromatic heterocycles. The van der Waals surface area contributed by atoms with Crippen LogP contribution in [0.2, 0.25) is 0 Å². The Morgan fingerprint density at radius 3 is 1.04 bits per heavy atom. The fourth-order valence-corrected chi connectivity index (χ4v) is 3.43. The molecule has 0 fully saturated rings. The molecule has 0 aliphatic rings. The van der Waals surface area contributed by atoms with Gasteiger partial charge in [0.2, 0.25) is 0 Å². The van der Waals surface area contributed by atoms with E-state index in [-0.39, 0.29) is 19.5 Å². The molecule has 1 aromatic carbocycles. The van der Waals surface area contributed by atoms with Gasteiger partial charge in [-0.2, -0.15) is 5.26 Å². The van der Waals surface area contributed by atoms with E-state index in [4.69, 9.17) is 5.26 Å². The van der Waals surface area contributed by atoms with Crippen molar-refractivity contribution in [2.75, 3.05) is 0 Å².